The van der Waals surface area contributed by atoms with E-state index in [1.165, 1.54) is 0 Å². The monoisotopic (exact) mass is 252 g/mol. The molecule has 100 valence electrons. The van der Waals surface area contributed by atoms with Crippen LogP contribution in [0.3, 0.4) is 0 Å². The molecule has 0 saturated heterocycles. The Morgan fingerprint density at radius 3 is 2.78 bits per heavy atom. The first-order chi connectivity index (χ1) is 8.65. The van der Waals surface area contributed by atoms with Gasteiger partial charge in [0, 0.05) is 19.0 Å². The summed E-state index contributed by atoms with van der Waals surface area (Å²) >= 11 is 0. The van der Waals surface area contributed by atoms with Crippen molar-refractivity contribution in [1.29, 1.82) is 0 Å². The summed E-state index contributed by atoms with van der Waals surface area (Å²) in [5.74, 6) is 1.27. The van der Waals surface area contributed by atoms with E-state index in [9.17, 15) is 9.59 Å². The van der Waals surface area contributed by atoms with E-state index in [0.29, 0.717) is 19.4 Å². The molecule has 5 nitrogen and oxygen atoms in total. The fourth-order valence-electron chi connectivity index (χ4n) is 2.20. The number of urea groups is 1. The van der Waals surface area contributed by atoms with Gasteiger partial charge in [0.05, 0.1) is 5.92 Å². The summed E-state index contributed by atoms with van der Waals surface area (Å²) < 4.78 is 0. The third-order valence-corrected chi connectivity index (χ3v) is 3.18. The maximum atomic E-state index is 11.5. The highest BCUT2D eigenvalue weighted by Crippen LogP contribution is 2.25. The largest absolute Gasteiger partial charge is 0.481 e. The number of nitrogens with one attached hydrogen (secondary N) is 2. The van der Waals surface area contributed by atoms with E-state index in [1.54, 1.807) is 0 Å². The summed E-state index contributed by atoms with van der Waals surface area (Å²) in [5, 5.41) is 14.4. The van der Waals surface area contributed by atoms with Crippen LogP contribution in [0.5, 0.6) is 0 Å². The Labute approximate surface area is 107 Å². The predicted octanol–water partition coefficient (Wildman–Crippen LogP) is 1.34. The second kappa shape index (κ2) is 7.59. The number of hydrogen-bond acceptors (Lipinski definition) is 2. The summed E-state index contributed by atoms with van der Waals surface area (Å²) in [4.78, 5) is 22.5. The smallest absolute Gasteiger partial charge is 0.315 e. The number of carbonyl (C=O) groups excluding carboxylic acids is 1. The minimum absolute atomic E-state index is 0.242. The van der Waals surface area contributed by atoms with Crippen LogP contribution in [0.1, 0.15) is 38.5 Å². The van der Waals surface area contributed by atoms with E-state index in [1.807, 2.05) is 0 Å². The fraction of sp³-hybridized carbons (Fsp3) is 0.692. The maximum Gasteiger partial charge on any atom is 0.315 e. The molecule has 0 radical (unpaired) electrons. The fourth-order valence-corrected chi connectivity index (χ4v) is 2.20. The first kappa shape index (κ1) is 14.4. The van der Waals surface area contributed by atoms with Crippen LogP contribution >= 0.6 is 0 Å². The predicted molar refractivity (Wildman–Crippen MR) is 68.0 cm³/mol. The van der Waals surface area contributed by atoms with Crippen molar-refractivity contribution >= 4 is 12.0 Å². The van der Waals surface area contributed by atoms with Crippen molar-refractivity contribution in [3.05, 3.63) is 0 Å². The first-order valence-electron chi connectivity index (χ1n) is 6.35. The molecule has 1 aliphatic carbocycles. The van der Waals surface area contributed by atoms with Crippen LogP contribution in [0.2, 0.25) is 0 Å². The Bertz CT molecular complexity index is 336. The van der Waals surface area contributed by atoms with Crippen molar-refractivity contribution < 1.29 is 14.7 Å². The molecule has 1 saturated carbocycles. The van der Waals surface area contributed by atoms with Crippen LogP contribution in [0, 0.1) is 18.3 Å². The van der Waals surface area contributed by atoms with E-state index < -0.39 is 11.9 Å². The molecule has 0 heterocycles. The molecule has 18 heavy (non-hydrogen) atoms. The number of carboxylic acid groups (broad SMARTS) is 1. The zero-order valence-corrected chi connectivity index (χ0v) is 10.4. The number of rotatable bonds is 6. The third-order valence-electron chi connectivity index (χ3n) is 3.18. The van der Waals surface area contributed by atoms with Crippen LogP contribution in [-0.4, -0.2) is 29.7 Å². The van der Waals surface area contributed by atoms with Crippen molar-refractivity contribution in [1.82, 2.24) is 10.6 Å². The minimum atomic E-state index is -0.827. The van der Waals surface area contributed by atoms with Crippen molar-refractivity contribution in [2.24, 2.45) is 5.92 Å². The van der Waals surface area contributed by atoms with Gasteiger partial charge in [-0.05, 0) is 25.7 Å². The molecule has 1 aliphatic rings. The molecule has 1 rings (SSSR count). The number of amides is 2. The normalized spacial score (nSPS) is 22.2. The van der Waals surface area contributed by atoms with E-state index >= 15 is 0 Å². The standard InChI is InChI=1S/C13H20N2O3/c1-2-3-4-5-9-14-13(18)15-11-8-6-7-10(11)12(16)17/h1,10-11H,3-9H2,(H,16,17)(H2,14,15,18). The summed E-state index contributed by atoms with van der Waals surface area (Å²) in [6.07, 6.45) is 9.79. The molecule has 0 aromatic heterocycles. The molecule has 5 heteroatoms. The minimum Gasteiger partial charge on any atom is -0.481 e. The molecule has 2 amide bonds. The van der Waals surface area contributed by atoms with Gasteiger partial charge in [0.25, 0.3) is 0 Å². The summed E-state index contributed by atoms with van der Waals surface area (Å²) in [5.41, 5.74) is 0. The SMILES string of the molecule is C#CCCCCNC(=O)NC1CCCC1C(=O)O. The van der Waals surface area contributed by atoms with Crippen molar-refractivity contribution in [2.45, 2.75) is 44.6 Å². The summed E-state index contributed by atoms with van der Waals surface area (Å²) in [6.45, 7) is 0.567. The van der Waals surface area contributed by atoms with Gasteiger partial charge < -0.3 is 15.7 Å². The molecular weight excluding hydrogens is 232 g/mol. The van der Waals surface area contributed by atoms with Gasteiger partial charge in [-0.15, -0.1) is 12.3 Å². The maximum absolute atomic E-state index is 11.5. The summed E-state index contributed by atoms with van der Waals surface area (Å²) in [6, 6.07) is -0.526. The van der Waals surface area contributed by atoms with Gasteiger partial charge in [0.15, 0.2) is 0 Å². The second-order valence-electron chi connectivity index (χ2n) is 4.54. The molecule has 0 bridgehead atoms. The highest BCUT2D eigenvalue weighted by Gasteiger charge is 2.33. The number of aliphatic carboxylic acids is 1. The topological polar surface area (TPSA) is 78.4 Å². The highest BCUT2D eigenvalue weighted by molar-refractivity contribution is 5.76. The van der Waals surface area contributed by atoms with Crippen LogP contribution in [-0.2, 0) is 4.79 Å². The molecule has 1 fully saturated rings. The van der Waals surface area contributed by atoms with Gasteiger partial charge in [0.2, 0.25) is 0 Å². The number of terminal acetylenes is 1. The molecule has 2 atom stereocenters. The van der Waals surface area contributed by atoms with E-state index in [4.69, 9.17) is 11.5 Å². The Morgan fingerprint density at radius 2 is 2.11 bits per heavy atom. The lowest BCUT2D eigenvalue weighted by molar-refractivity contribution is -0.142. The van der Waals surface area contributed by atoms with Crippen molar-refractivity contribution in [3.63, 3.8) is 0 Å². The van der Waals surface area contributed by atoms with Gasteiger partial charge in [-0.25, -0.2) is 4.79 Å². The molecule has 0 aromatic carbocycles. The lowest BCUT2D eigenvalue weighted by atomic mass is 10.0. The quantitative estimate of drug-likeness (QED) is 0.493. The first-order valence-corrected chi connectivity index (χ1v) is 6.35. The van der Waals surface area contributed by atoms with Gasteiger partial charge in [0.1, 0.15) is 0 Å². The van der Waals surface area contributed by atoms with Crippen molar-refractivity contribution in [2.75, 3.05) is 6.54 Å². The van der Waals surface area contributed by atoms with E-state index in [0.717, 1.165) is 25.7 Å². The Hall–Kier alpha value is -1.70. The lowest BCUT2D eigenvalue weighted by Crippen LogP contribution is -2.45. The average molecular weight is 252 g/mol. The molecule has 0 spiro atoms. The zero-order valence-electron chi connectivity index (χ0n) is 10.4. The molecule has 0 aromatic rings. The van der Waals surface area contributed by atoms with E-state index in [-0.39, 0.29) is 12.1 Å². The van der Waals surface area contributed by atoms with Crippen molar-refractivity contribution in [3.8, 4) is 12.3 Å². The number of hydrogen-bond donors (Lipinski definition) is 3. The summed E-state index contributed by atoms with van der Waals surface area (Å²) in [7, 11) is 0. The molecular formula is C13H20N2O3. The van der Waals surface area contributed by atoms with Crippen LogP contribution in [0.15, 0.2) is 0 Å². The van der Waals surface area contributed by atoms with Gasteiger partial charge in [-0.3, -0.25) is 4.79 Å². The number of carboxylic acids is 1. The lowest BCUT2D eigenvalue weighted by Gasteiger charge is -2.17. The van der Waals surface area contributed by atoms with Crippen LogP contribution in [0.25, 0.3) is 0 Å². The highest BCUT2D eigenvalue weighted by atomic mass is 16.4. The molecule has 2 unspecified atom stereocenters. The molecule has 3 N–H and O–H groups in total. The number of carbonyl (C=O) groups is 2. The third kappa shape index (κ3) is 4.66. The van der Waals surface area contributed by atoms with Crippen LogP contribution in [0.4, 0.5) is 4.79 Å². The van der Waals surface area contributed by atoms with Crippen LogP contribution < -0.4 is 10.6 Å². The zero-order chi connectivity index (χ0) is 13.4. The molecule has 0 aliphatic heterocycles. The Kier molecular flexibility index (Phi) is 6.06. The number of unbranched alkanes of at least 4 members (excludes halogenated alkanes) is 2. The Balaban J connectivity index is 2.19. The van der Waals surface area contributed by atoms with Gasteiger partial charge >= 0.3 is 12.0 Å². The average Bonchev–Trinajstić information content (AvgIpc) is 2.77. The van der Waals surface area contributed by atoms with Gasteiger partial charge in [-0.2, -0.15) is 0 Å². The second-order valence-corrected chi connectivity index (χ2v) is 4.54. The van der Waals surface area contributed by atoms with E-state index in [2.05, 4.69) is 16.6 Å². The van der Waals surface area contributed by atoms with Gasteiger partial charge in [-0.1, -0.05) is 6.42 Å². The Morgan fingerprint density at radius 1 is 1.33 bits per heavy atom.